The van der Waals surface area contributed by atoms with Gasteiger partial charge in [-0.05, 0) is 24.3 Å². The van der Waals surface area contributed by atoms with Gasteiger partial charge >= 0.3 is 19.5 Å². The maximum absolute atomic E-state index is 5.88. The Morgan fingerprint density at radius 3 is 2.16 bits per heavy atom. The van der Waals surface area contributed by atoms with E-state index in [0.717, 1.165) is 14.7 Å². The summed E-state index contributed by atoms with van der Waals surface area (Å²) in [5.41, 5.74) is 0.642. The van der Waals surface area contributed by atoms with E-state index in [2.05, 4.69) is 12.6 Å². The summed E-state index contributed by atoms with van der Waals surface area (Å²) in [6.07, 6.45) is 0. The first kappa shape index (κ1) is 17.7. The van der Waals surface area contributed by atoms with E-state index in [1.54, 1.807) is 17.8 Å². The van der Waals surface area contributed by atoms with Gasteiger partial charge < -0.3 is 0 Å². The molecule has 0 unspecified atom stereocenters. The molecule has 0 N–H and O–H groups in total. The molecule has 0 bridgehead atoms. The molecule has 0 aromatic heterocycles. The van der Waals surface area contributed by atoms with Crippen LogP contribution in [0.1, 0.15) is 5.56 Å². The van der Waals surface area contributed by atoms with Crippen molar-refractivity contribution in [1.29, 1.82) is 0 Å². The number of halogens is 3. The van der Waals surface area contributed by atoms with Gasteiger partial charge in [0.1, 0.15) is 0 Å². The largest absolute Gasteiger partial charge is 2.00 e. The third-order valence-electron chi connectivity index (χ3n) is 2.26. The number of hydrogen-bond donors (Lipinski definition) is 1. The fourth-order valence-corrected chi connectivity index (χ4v) is 2.92. The molecule has 0 fully saturated rings. The molecule has 94 valence electrons. The van der Waals surface area contributed by atoms with E-state index < -0.39 is 3.79 Å². The molecule has 2 rings (SSSR count). The van der Waals surface area contributed by atoms with E-state index in [1.165, 1.54) is 0 Å². The Labute approximate surface area is 150 Å². The van der Waals surface area contributed by atoms with Crippen molar-refractivity contribution in [3.8, 4) is 0 Å². The Kier molecular flexibility index (Phi) is 7.06. The van der Waals surface area contributed by atoms with Crippen molar-refractivity contribution >= 4 is 59.2 Å². The van der Waals surface area contributed by atoms with Crippen LogP contribution in [0, 0.1) is 0 Å². The zero-order valence-electron chi connectivity index (χ0n) is 9.82. The molecule has 0 atom stereocenters. The Morgan fingerprint density at radius 2 is 1.58 bits per heavy atom. The normalized spacial score (nSPS) is 10.9. The number of benzene rings is 2. The summed E-state index contributed by atoms with van der Waals surface area (Å²) in [5.74, 6) is 0. The Hall–Kier alpha value is 0.633. The summed E-state index contributed by atoms with van der Waals surface area (Å²) in [6, 6.07) is 15.5. The van der Waals surface area contributed by atoms with Crippen LogP contribution in [0.5, 0.6) is 0 Å². The number of rotatable bonds is 2. The molecule has 0 aliphatic heterocycles. The SMILES string of the molecule is Sc1ccc(C(Cl)(Cl)Cl)cc1Sc1ccccc1.[Zn+2]. The van der Waals surface area contributed by atoms with Crippen LogP contribution in [0.4, 0.5) is 0 Å². The molecule has 0 radical (unpaired) electrons. The van der Waals surface area contributed by atoms with Gasteiger partial charge in [-0.2, -0.15) is 0 Å². The zero-order valence-corrected chi connectivity index (χ0v) is 16.8. The van der Waals surface area contributed by atoms with Crippen molar-refractivity contribution in [3.63, 3.8) is 0 Å². The van der Waals surface area contributed by atoms with E-state index in [1.807, 2.05) is 42.5 Å². The summed E-state index contributed by atoms with van der Waals surface area (Å²) < 4.78 is -1.41. The molecule has 0 heterocycles. The van der Waals surface area contributed by atoms with Crippen LogP contribution < -0.4 is 0 Å². The second kappa shape index (κ2) is 7.59. The van der Waals surface area contributed by atoms with Gasteiger partial charge in [0, 0.05) is 20.2 Å². The van der Waals surface area contributed by atoms with Gasteiger partial charge in [-0.1, -0.05) is 70.8 Å². The third kappa shape index (κ3) is 5.15. The summed E-state index contributed by atoms with van der Waals surface area (Å²) in [5, 5.41) is 0. The molecule has 0 amide bonds. The molecule has 2 aromatic carbocycles. The van der Waals surface area contributed by atoms with Crippen molar-refractivity contribution < 1.29 is 19.5 Å². The summed E-state index contributed by atoms with van der Waals surface area (Å²) in [6.45, 7) is 0. The summed E-state index contributed by atoms with van der Waals surface area (Å²) in [7, 11) is 0. The van der Waals surface area contributed by atoms with Crippen LogP contribution >= 0.6 is 59.2 Å². The first-order valence-electron chi connectivity index (χ1n) is 5.10. The molecule has 6 heteroatoms. The molecule has 2 aromatic rings. The number of hydrogen-bond acceptors (Lipinski definition) is 2. The molecule has 0 saturated carbocycles. The van der Waals surface area contributed by atoms with E-state index in [-0.39, 0.29) is 19.5 Å². The average molecular weight is 401 g/mol. The fourth-order valence-electron chi connectivity index (χ4n) is 1.39. The Bertz CT molecular complexity index is 541. The minimum absolute atomic E-state index is 0. The molecule has 0 aliphatic rings. The maximum atomic E-state index is 5.88. The van der Waals surface area contributed by atoms with Crippen LogP contribution in [0.15, 0.2) is 63.2 Å². The predicted molar refractivity (Wildman–Crippen MR) is 83.5 cm³/mol. The standard InChI is InChI=1S/C13H9Cl3S2.Zn/c14-13(15,16)9-6-7-11(17)12(8-9)18-10-4-2-1-3-5-10;/h1-8,17H;/q;+2. The second-order valence-electron chi connectivity index (χ2n) is 3.60. The minimum atomic E-state index is -1.41. The van der Waals surface area contributed by atoms with Crippen molar-refractivity contribution in [2.75, 3.05) is 0 Å². The fraction of sp³-hybridized carbons (Fsp3) is 0.0769. The van der Waals surface area contributed by atoms with E-state index in [4.69, 9.17) is 34.8 Å². The van der Waals surface area contributed by atoms with Crippen molar-refractivity contribution in [3.05, 3.63) is 54.1 Å². The molecular weight excluding hydrogens is 392 g/mol. The quantitative estimate of drug-likeness (QED) is 0.369. The zero-order chi connectivity index (χ0) is 13.2. The predicted octanol–water partition coefficient (Wildman–Crippen LogP) is 5.95. The van der Waals surface area contributed by atoms with Gasteiger partial charge in [-0.15, -0.1) is 12.6 Å². The van der Waals surface area contributed by atoms with E-state index in [0.29, 0.717) is 5.56 Å². The van der Waals surface area contributed by atoms with Crippen molar-refractivity contribution in [1.82, 2.24) is 0 Å². The Morgan fingerprint density at radius 1 is 0.947 bits per heavy atom. The van der Waals surface area contributed by atoms with Gasteiger partial charge in [0.05, 0.1) is 0 Å². The number of thiol groups is 1. The summed E-state index contributed by atoms with van der Waals surface area (Å²) in [4.78, 5) is 2.95. The van der Waals surface area contributed by atoms with Crippen LogP contribution in [0.3, 0.4) is 0 Å². The maximum Gasteiger partial charge on any atom is 2.00 e. The second-order valence-corrected chi connectivity index (χ2v) is 7.47. The minimum Gasteiger partial charge on any atom is -0.142 e. The summed E-state index contributed by atoms with van der Waals surface area (Å²) >= 11 is 23.7. The van der Waals surface area contributed by atoms with Crippen LogP contribution in [-0.2, 0) is 23.3 Å². The molecule has 19 heavy (non-hydrogen) atoms. The smallest absolute Gasteiger partial charge is 0.142 e. The molecule has 0 spiro atoms. The molecule has 0 nitrogen and oxygen atoms in total. The van der Waals surface area contributed by atoms with E-state index >= 15 is 0 Å². The van der Waals surface area contributed by atoms with Gasteiger partial charge in [0.15, 0.2) is 0 Å². The third-order valence-corrected chi connectivity index (χ3v) is 4.52. The molecule has 0 saturated heterocycles. The van der Waals surface area contributed by atoms with Crippen molar-refractivity contribution in [2.45, 2.75) is 18.5 Å². The van der Waals surface area contributed by atoms with Gasteiger partial charge in [-0.3, -0.25) is 0 Å². The molecule has 0 aliphatic carbocycles. The topological polar surface area (TPSA) is 0 Å². The van der Waals surface area contributed by atoms with Crippen LogP contribution in [-0.4, -0.2) is 0 Å². The van der Waals surface area contributed by atoms with Crippen LogP contribution in [0.2, 0.25) is 0 Å². The first-order chi connectivity index (χ1) is 8.47. The molecular formula is C13H9Cl3S2Zn+2. The van der Waals surface area contributed by atoms with Crippen molar-refractivity contribution in [2.24, 2.45) is 0 Å². The van der Waals surface area contributed by atoms with Gasteiger partial charge in [0.2, 0.25) is 3.79 Å². The monoisotopic (exact) mass is 398 g/mol. The van der Waals surface area contributed by atoms with Crippen LogP contribution in [0.25, 0.3) is 0 Å². The number of alkyl halides is 3. The Balaban J connectivity index is 0.00000180. The van der Waals surface area contributed by atoms with Gasteiger partial charge in [0.25, 0.3) is 0 Å². The average Bonchev–Trinajstić information content (AvgIpc) is 2.32. The van der Waals surface area contributed by atoms with E-state index in [9.17, 15) is 0 Å². The van der Waals surface area contributed by atoms with Gasteiger partial charge in [-0.25, -0.2) is 0 Å². The first-order valence-corrected chi connectivity index (χ1v) is 7.50.